The van der Waals surface area contributed by atoms with Gasteiger partial charge in [-0.25, -0.2) is 4.57 Å². The Morgan fingerprint density at radius 1 is 1.78 bits per heavy atom. The second-order valence-corrected chi connectivity index (χ2v) is 2.98. The molecular weight excluding hydrogens is 147 g/mol. The predicted octanol–water partition coefficient (Wildman–Crippen LogP) is -0.506. The highest BCUT2D eigenvalue weighted by Crippen LogP contribution is 2.36. The van der Waals surface area contributed by atoms with Crippen LogP contribution in [-0.4, -0.2) is 29.1 Å². The molecule has 1 heterocycles. The van der Waals surface area contributed by atoms with Crippen molar-refractivity contribution < 1.29 is 23.6 Å². The minimum Gasteiger partial charge on any atom is -0.371 e. The smallest absolute Gasteiger partial charge is 0.371 e. The van der Waals surface area contributed by atoms with Crippen LogP contribution in [0, 0.1) is 0 Å². The van der Waals surface area contributed by atoms with Crippen molar-refractivity contribution in [2.75, 3.05) is 13.2 Å². The molecule has 1 aliphatic heterocycles. The third kappa shape index (κ3) is 3.61. The molecule has 0 aromatic heterocycles. The van der Waals surface area contributed by atoms with Crippen molar-refractivity contribution in [3.63, 3.8) is 0 Å². The first-order valence-corrected chi connectivity index (χ1v) is 3.92. The summed E-state index contributed by atoms with van der Waals surface area (Å²) in [5.41, 5.74) is 0. The van der Waals surface area contributed by atoms with E-state index in [-0.39, 0.29) is 12.7 Å². The predicted molar refractivity (Wildman–Crippen MR) is 27.7 cm³/mol. The minimum atomic E-state index is -4.26. The highest BCUT2D eigenvalue weighted by molar-refractivity contribution is 7.46. The van der Waals surface area contributed by atoms with E-state index < -0.39 is 7.82 Å². The van der Waals surface area contributed by atoms with Gasteiger partial charge in [-0.05, 0) is 0 Å². The van der Waals surface area contributed by atoms with Crippen LogP contribution in [0.15, 0.2) is 0 Å². The van der Waals surface area contributed by atoms with E-state index in [0.29, 0.717) is 6.61 Å². The molecule has 5 nitrogen and oxygen atoms in total. The van der Waals surface area contributed by atoms with Gasteiger partial charge in [0, 0.05) is 0 Å². The number of phosphoric acid groups is 1. The number of hydrogen-bond acceptors (Lipinski definition) is 3. The number of hydrogen-bond donors (Lipinski definition) is 2. The van der Waals surface area contributed by atoms with Crippen molar-refractivity contribution >= 4 is 7.82 Å². The zero-order valence-electron chi connectivity index (χ0n) is 4.56. The lowest BCUT2D eigenvalue weighted by Crippen LogP contribution is -1.98. The fourth-order valence-corrected chi connectivity index (χ4v) is 0.705. The molecule has 1 aliphatic rings. The molecule has 0 saturated carbocycles. The SMILES string of the molecule is O=P(O)(O)OC[C@H]1CO1. The van der Waals surface area contributed by atoms with Gasteiger partial charge in [-0.1, -0.05) is 0 Å². The zero-order chi connectivity index (χ0) is 6.91. The first kappa shape index (κ1) is 7.18. The fraction of sp³-hybridized carbons (Fsp3) is 1.00. The molecule has 0 radical (unpaired) electrons. The van der Waals surface area contributed by atoms with Gasteiger partial charge < -0.3 is 14.5 Å². The summed E-state index contributed by atoms with van der Waals surface area (Å²) in [6.07, 6.45) is -0.0994. The maximum Gasteiger partial charge on any atom is 0.469 e. The van der Waals surface area contributed by atoms with E-state index in [0.717, 1.165) is 0 Å². The topological polar surface area (TPSA) is 79.3 Å². The summed E-state index contributed by atoms with van der Waals surface area (Å²) in [5.74, 6) is 0. The van der Waals surface area contributed by atoms with Crippen molar-refractivity contribution in [3.05, 3.63) is 0 Å². The number of rotatable bonds is 3. The normalized spacial score (nSPS) is 26.2. The molecular formula is C3H7O5P. The molecule has 0 amide bonds. The van der Waals surface area contributed by atoms with Crippen LogP contribution in [0.4, 0.5) is 0 Å². The summed E-state index contributed by atoms with van der Waals surface area (Å²) in [6, 6.07) is 0. The average Bonchev–Trinajstić information content (AvgIpc) is 2.38. The largest absolute Gasteiger partial charge is 0.469 e. The van der Waals surface area contributed by atoms with E-state index in [1.165, 1.54) is 0 Å². The molecule has 1 fully saturated rings. The Labute approximate surface area is 51.8 Å². The van der Waals surface area contributed by atoms with E-state index in [9.17, 15) is 4.57 Å². The van der Waals surface area contributed by atoms with Crippen molar-refractivity contribution in [3.8, 4) is 0 Å². The molecule has 1 atom stereocenters. The van der Waals surface area contributed by atoms with Gasteiger partial charge in [0.05, 0.1) is 13.2 Å². The van der Waals surface area contributed by atoms with E-state index in [1.54, 1.807) is 0 Å². The molecule has 0 spiro atoms. The maximum absolute atomic E-state index is 9.98. The third-order valence-corrected chi connectivity index (χ3v) is 1.32. The van der Waals surface area contributed by atoms with Crippen molar-refractivity contribution in [2.45, 2.75) is 6.10 Å². The first-order valence-electron chi connectivity index (χ1n) is 2.39. The fourth-order valence-electron chi connectivity index (χ4n) is 0.344. The van der Waals surface area contributed by atoms with E-state index in [2.05, 4.69) is 9.26 Å². The monoisotopic (exact) mass is 154 g/mol. The molecule has 6 heteroatoms. The van der Waals surface area contributed by atoms with Crippen LogP contribution in [0.3, 0.4) is 0 Å². The van der Waals surface area contributed by atoms with Gasteiger partial charge in [0.1, 0.15) is 6.10 Å². The Morgan fingerprint density at radius 2 is 2.33 bits per heavy atom. The second-order valence-electron chi connectivity index (χ2n) is 1.74. The zero-order valence-corrected chi connectivity index (χ0v) is 5.45. The van der Waals surface area contributed by atoms with Crippen LogP contribution in [0.5, 0.6) is 0 Å². The molecule has 0 aliphatic carbocycles. The van der Waals surface area contributed by atoms with Crippen molar-refractivity contribution in [1.29, 1.82) is 0 Å². The Morgan fingerprint density at radius 3 is 2.67 bits per heavy atom. The summed E-state index contributed by atoms with van der Waals surface area (Å²) < 4.78 is 18.7. The lowest BCUT2D eigenvalue weighted by atomic mass is 10.5. The molecule has 0 unspecified atom stereocenters. The Balaban J connectivity index is 2.10. The highest BCUT2D eigenvalue weighted by Gasteiger charge is 2.26. The lowest BCUT2D eigenvalue weighted by molar-refractivity contribution is 0.180. The summed E-state index contributed by atoms with van der Waals surface area (Å²) in [7, 11) is -4.26. The van der Waals surface area contributed by atoms with Gasteiger partial charge in [0.25, 0.3) is 0 Å². The van der Waals surface area contributed by atoms with Crippen LogP contribution < -0.4 is 0 Å². The quantitative estimate of drug-likeness (QED) is 0.423. The summed E-state index contributed by atoms with van der Waals surface area (Å²) >= 11 is 0. The number of phosphoric ester groups is 1. The van der Waals surface area contributed by atoms with Gasteiger partial charge in [0.15, 0.2) is 0 Å². The van der Waals surface area contributed by atoms with Gasteiger partial charge in [-0.15, -0.1) is 0 Å². The van der Waals surface area contributed by atoms with Crippen LogP contribution in [0.2, 0.25) is 0 Å². The number of ether oxygens (including phenoxy) is 1. The molecule has 9 heavy (non-hydrogen) atoms. The molecule has 0 aromatic carbocycles. The van der Waals surface area contributed by atoms with Crippen LogP contribution in [-0.2, 0) is 13.8 Å². The number of epoxide rings is 1. The minimum absolute atomic E-state index is 0.00965. The van der Waals surface area contributed by atoms with E-state index in [4.69, 9.17) is 9.79 Å². The molecule has 1 rings (SSSR count). The van der Waals surface area contributed by atoms with Gasteiger partial charge in [-0.2, -0.15) is 0 Å². The van der Waals surface area contributed by atoms with Gasteiger partial charge in [0.2, 0.25) is 0 Å². The van der Waals surface area contributed by atoms with Crippen molar-refractivity contribution in [1.82, 2.24) is 0 Å². The van der Waals surface area contributed by atoms with E-state index in [1.807, 2.05) is 0 Å². The van der Waals surface area contributed by atoms with Gasteiger partial charge >= 0.3 is 7.82 Å². The molecule has 0 aromatic rings. The second kappa shape index (κ2) is 2.36. The Hall–Kier alpha value is 0.0700. The summed E-state index contributed by atoms with van der Waals surface area (Å²) in [4.78, 5) is 16.3. The third-order valence-electron chi connectivity index (χ3n) is 0.831. The molecule has 0 bridgehead atoms. The van der Waals surface area contributed by atoms with Gasteiger partial charge in [-0.3, -0.25) is 4.52 Å². The summed E-state index contributed by atoms with van der Waals surface area (Å²) in [6.45, 7) is 0.532. The van der Waals surface area contributed by atoms with Crippen LogP contribution in [0.25, 0.3) is 0 Å². The maximum atomic E-state index is 9.98. The van der Waals surface area contributed by atoms with E-state index >= 15 is 0 Å². The van der Waals surface area contributed by atoms with Crippen LogP contribution >= 0.6 is 7.82 Å². The molecule has 2 N–H and O–H groups in total. The molecule has 1 saturated heterocycles. The average molecular weight is 154 g/mol. The standard InChI is InChI=1S/C3H7O5P/c4-9(5,6)8-2-3-1-7-3/h3H,1-2H2,(H2,4,5,6)/t3-/m1/s1. The van der Waals surface area contributed by atoms with Crippen LogP contribution in [0.1, 0.15) is 0 Å². The Kier molecular flexibility index (Phi) is 1.88. The highest BCUT2D eigenvalue weighted by atomic mass is 31.2. The lowest BCUT2D eigenvalue weighted by Gasteiger charge is -2.00. The summed E-state index contributed by atoms with van der Waals surface area (Å²) in [5, 5.41) is 0. The molecule has 54 valence electrons. The first-order chi connectivity index (χ1) is 4.08. The Bertz CT molecular complexity index is 135. The van der Waals surface area contributed by atoms with Crippen molar-refractivity contribution in [2.24, 2.45) is 0 Å².